The van der Waals surface area contributed by atoms with E-state index in [1.165, 1.54) is 0 Å². The Labute approximate surface area is 72.4 Å². The lowest BCUT2D eigenvalue weighted by atomic mass is 10.1. The summed E-state index contributed by atoms with van der Waals surface area (Å²) in [6.45, 7) is 0.213. The molecule has 0 saturated carbocycles. The summed E-state index contributed by atoms with van der Waals surface area (Å²) in [7, 11) is 0. The zero-order valence-electron chi connectivity index (χ0n) is 7.20. The summed E-state index contributed by atoms with van der Waals surface area (Å²) >= 11 is 0. The maximum Gasteiger partial charge on any atom is 0.320 e. The molecule has 4 N–H and O–H groups in total. The van der Waals surface area contributed by atoms with Crippen LogP contribution in [0.4, 0.5) is 0 Å². The lowest BCUT2D eigenvalue weighted by Crippen LogP contribution is -2.29. The van der Waals surface area contributed by atoms with Crippen molar-refractivity contribution in [1.29, 1.82) is 0 Å². The number of rotatable bonds is 7. The average molecular weight is 175 g/mol. The third-order valence-electron chi connectivity index (χ3n) is 1.74. The van der Waals surface area contributed by atoms with Crippen LogP contribution in [0.3, 0.4) is 0 Å². The van der Waals surface area contributed by atoms with E-state index < -0.39 is 12.0 Å². The fourth-order valence-corrected chi connectivity index (χ4v) is 0.953. The fraction of sp³-hybridized carbons (Fsp3) is 0.875. The van der Waals surface area contributed by atoms with Crippen molar-refractivity contribution in [2.75, 3.05) is 6.61 Å². The molecule has 0 bridgehead atoms. The summed E-state index contributed by atoms with van der Waals surface area (Å²) < 4.78 is 0. The van der Waals surface area contributed by atoms with E-state index in [-0.39, 0.29) is 6.61 Å². The molecule has 12 heavy (non-hydrogen) atoms. The summed E-state index contributed by atoms with van der Waals surface area (Å²) in [6.07, 6.45) is 4.04. The normalized spacial score (nSPS) is 12.8. The molecule has 0 aliphatic rings. The average Bonchev–Trinajstić information content (AvgIpc) is 2.03. The molecule has 0 rings (SSSR count). The summed E-state index contributed by atoms with van der Waals surface area (Å²) in [6, 6.07) is -0.723. The van der Waals surface area contributed by atoms with E-state index in [0.717, 1.165) is 25.7 Å². The number of carbonyl (C=O) groups is 1. The molecular weight excluding hydrogens is 158 g/mol. The van der Waals surface area contributed by atoms with Crippen molar-refractivity contribution < 1.29 is 15.0 Å². The molecule has 0 heterocycles. The maximum absolute atomic E-state index is 10.3. The Morgan fingerprint density at radius 1 is 1.25 bits per heavy atom. The van der Waals surface area contributed by atoms with E-state index in [1.54, 1.807) is 0 Å². The molecule has 0 aromatic carbocycles. The predicted molar refractivity (Wildman–Crippen MR) is 45.8 cm³/mol. The third kappa shape index (κ3) is 6.12. The van der Waals surface area contributed by atoms with Crippen LogP contribution in [0.5, 0.6) is 0 Å². The van der Waals surface area contributed by atoms with Crippen LogP contribution in [-0.4, -0.2) is 28.8 Å². The molecule has 72 valence electrons. The Hall–Kier alpha value is -0.610. The Bertz CT molecular complexity index is 127. The first kappa shape index (κ1) is 11.4. The molecule has 0 unspecified atom stereocenters. The van der Waals surface area contributed by atoms with E-state index in [1.807, 2.05) is 0 Å². The van der Waals surface area contributed by atoms with Gasteiger partial charge in [-0.15, -0.1) is 0 Å². The summed E-state index contributed by atoms with van der Waals surface area (Å²) in [5, 5.41) is 16.9. The van der Waals surface area contributed by atoms with Crippen molar-refractivity contribution in [1.82, 2.24) is 0 Å². The highest BCUT2D eigenvalue weighted by molar-refractivity contribution is 5.72. The molecule has 0 aromatic rings. The number of aliphatic hydroxyl groups is 1. The van der Waals surface area contributed by atoms with Gasteiger partial charge in [0.05, 0.1) is 0 Å². The molecular formula is C8H17NO3. The van der Waals surface area contributed by atoms with Gasteiger partial charge in [0.25, 0.3) is 0 Å². The quantitative estimate of drug-likeness (QED) is 0.487. The minimum absolute atomic E-state index is 0.213. The second kappa shape index (κ2) is 7.06. The van der Waals surface area contributed by atoms with Crippen molar-refractivity contribution >= 4 is 5.97 Å². The summed E-state index contributed by atoms with van der Waals surface area (Å²) in [4.78, 5) is 10.3. The van der Waals surface area contributed by atoms with Gasteiger partial charge in [-0.1, -0.05) is 19.3 Å². The van der Waals surface area contributed by atoms with Gasteiger partial charge < -0.3 is 15.9 Å². The van der Waals surface area contributed by atoms with Crippen LogP contribution < -0.4 is 5.73 Å². The minimum Gasteiger partial charge on any atom is -0.480 e. The monoisotopic (exact) mass is 175 g/mol. The number of hydrogen-bond acceptors (Lipinski definition) is 3. The Balaban J connectivity index is 3.14. The molecule has 0 aromatic heterocycles. The van der Waals surface area contributed by atoms with Crippen LogP contribution in [0.2, 0.25) is 0 Å². The van der Waals surface area contributed by atoms with Gasteiger partial charge in [0, 0.05) is 6.61 Å². The second-order valence-electron chi connectivity index (χ2n) is 2.87. The lowest BCUT2D eigenvalue weighted by molar-refractivity contribution is -0.138. The van der Waals surface area contributed by atoms with Gasteiger partial charge in [-0.05, 0) is 12.8 Å². The van der Waals surface area contributed by atoms with Crippen molar-refractivity contribution in [3.05, 3.63) is 0 Å². The zero-order chi connectivity index (χ0) is 9.40. The number of unbranched alkanes of at least 4 members (excludes halogenated alkanes) is 3. The zero-order valence-corrected chi connectivity index (χ0v) is 7.20. The molecule has 0 fully saturated rings. The summed E-state index contributed by atoms with van der Waals surface area (Å²) in [5.41, 5.74) is 5.28. The van der Waals surface area contributed by atoms with E-state index in [0.29, 0.717) is 6.42 Å². The summed E-state index contributed by atoms with van der Waals surface area (Å²) in [5.74, 6) is -0.933. The van der Waals surface area contributed by atoms with Crippen molar-refractivity contribution in [3.8, 4) is 0 Å². The highest BCUT2D eigenvalue weighted by Crippen LogP contribution is 2.04. The van der Waals surface area contributed by atoms with E-state index in [9.17, 15) is 4.79 Å². The number of aliphatic hydroxyl groups excluding tert-OH is 1. The Kier molecular flexibility index (Phi) is 6.70. The predicted octanol–water partition coefficient (Wildman–Crippen LogP) is 0.341. The second-order valence-corrected chi connectivity index (χ2v) is 2.87. The third-order valence-corrected chi connectivity index (χ3v) is 1.74. The highest BCUT2D eigenvalue weighted by atomic mass is 16.4. The largest absolute Gasteiger partial charge is 0.480 e. The van der Waals surface area contributed by atoms with Crippen molar-refractivity contribution in [3.63, 3.8) is 0 Å². The van der Waals surface area contributed by atoms with Crippen LogP contribution in [0.25, 0.3) is 0 Å². The Morgan fingerprint density at radius 3 is 2.33 bits per heavy atom. The maximum atomic E-state index is 10.3. The molecule has 0 radical (unpaired) electrons. The van der Waals surface area contributed by atoms with E-state index in [4.69, 9.17) is 15.9 Å². The SMILES string of the molecule is N[C@H](CCCCCCO)C(=O)O. The molecule has 1 atom stereocenters. The van der Waals surface area contributed by atoms with Crippen LogP contribution in [0.15, 0.2) is 0 Å². The number of hydrogen-bond donors (Lipinski definition) is 3. The van der Waals surface area contributed by atoms with Crippen LogP contribution in [-0.2, 0) is 4.79 Å². The van der Waals surface area contributed by atoms with Gasteiger partial charge in [-0.25, -0.2) is 0 Å². The molecule has 4 nitrogen and oxygen atoms in total. The standard InChI is InChI=1S/C8H17NO3/c9-7(8(11)12)5-3-1-2-4-6-10/h7,10H,1-6,9H2,(H,11,12)/t7-/m1/s1. The van der Waals surface area contributed by atoms with Crippen molar-refractivity contribution in [2.45, 2.75) is 38.1 Å². The van der Waals surface area contributed by atoms with Gasteiger partial charge in [0.15, 0.2) is 0 Å². The molecule has 0 saturated heterocycles. The molecule has 0 amide bonds. The molecule has 0 aliphatic heterocycles. The van der Waals surface area contributed by atoms with E-state index >= 15 is 0 Å². The van der Waals surface area contributed by atoms with Gasteiger partial charge in [-0.2, -0.15) is 0 Å². The van der Waals surface area contributed by atoms with Gasteiger partial charge in [0.2, 0.25) is 0 Å². The highest BCUT2D eigenvalue weighted by Gasteiger charge is 2.09. The van der Waals surface area contributed by atoms with Crippen LogP contribution in [0.1, 0.15) is 32.1 Å². The number of aliphatic carboxylic acids is 1. The van der Waals surface area contributed by atoms with Crippen LogP contribution >= 0.6 is 0 Å². The smallest absolute Gasteiger partial charge is 0.320 e. The number of nitrogens with two attached hydrogens (primary N) is 1. The topological polar surface area (TPSA) is 83.5 Å². The van der Waals surface area contributed by atoms with Gasteiger partial charge >= 0.3 is 5.97 Å². The number of carboxylic acid groups (broad SMARTS) is 1. The molecule has 4 heteroatoms. The first-order valence-corrected chi connectivity index (χ1v) is 4.27. The fourth-order valence-electron chi connectivity index (χ4n) is 0.953. The van der Waals surface area contributed by atoms with Crippen LogP contribution in [0, 0.1) is 0 Å². The van der Waals surface area contributed by atoms with Gasteiger partial charge in [0.1, 0.15) is 6.04 Å². The molecule has 0 aliphatic carbocycles. The van der Waals surface area contributed by atoms with Crippen molar-refractivity contribution in [2.24, 2.45) is 5.73 Å². The Morgan fingerprint density at radius 2 is 1.83 bits per heavy atom. The van der Waals surface area contributed by atoms with Gasteiger partial charge in [-0.3, -0.25) is 4.79 Å². The molecule has 0 spiro atoms. The minimum atomic E-state index is -0.933. The number of carboxylic acids is 1. The van der Waals surface area contributed by atoms with E-state index in [2.05, 4.69) is 0 Å². The first-order chi connectivity index (χ1) is 5.68. The lowest BCUT2D eigenvalue weighted by Gasteiger charge is -2.04. The first-order valence-electron chi connectivity index (χ1n) is 4.27.